The Morgan fingerprint density at radius 2 is 1.75 bits per heavy atom. The van der Waals surface area contributed by atoms with Crippen molar-refractivity contribution in [3.8, 4) is 16.9 Å². The molecular weight excluding hydrogens is 376 g/mol. The Hall–Kier alpha value is -3.58. The number of carbonyl (C=O) groups excluding carboxylic acids is 1. The van der Waals surface area contributed by atoms with Gasteiger partial charge in [-0.05, 0) is 48.0 Å². The Morgan fingerprint density at radius 1 is 1.00 bits per heavy atom. The highest BCUT2D eigenvalue weighted by molar-refractivity contribution is 6.30. The Bertz CT molecular complexity index is 1080. The van der Waals surface area contributed by atoms with Crippen LogP contribution in [0.5, 0.6) is 0 Å². The zero-order valence-electron chi connectivity index (χ0n) is 14.7. The molecule has 4 aromatic rings. The summed E-state index contributed by atoms with van der Waals surface area (Å²) in [5.74, 6) is -0.331. The molecule has 0 spiro atoms. The maximum atomic E-state index is 12.8. The molecule has 28 heavy (non-hydrogen) atoms. The molecule has 0 saturated heterocycles. The van der Waals surface area contributed by atoms with Crippen molar-refractivity contribution < 1.29 is 4.79 Å². The van der Waals surface area contributed by atoms with E-state index in [2.05, 4.69) is 25.6 Å². The van der Waals surface area contributed by atoms with E-state index in [9.17, 15) is 4.79 Å². The molecule has 8 heteroatoms. The van der Waals surface area contributed by atoms with Gasteiger partial charge in [0.05, 0.1) is 5.69 Å². The van der Waals surface area contributed by atoms with Crippen molar-refractivity contribution in [1.82, 2.24) is 30.3 Å². The number of halogens is 1. The first-order valence-corrected chi connectivity index (χ1v) is 8.89. The number of nitrogens with zero attached hydrogens (tertiary/aromatic N) is 5. The third kappa shape index (κ3) is 3.74. The zero-order valence-corrected chi connectivity index (χ0v) is 15.4. The Morgan fingerprint density at radius 3 is 2.43 bits per heavy atom. The number of rotatable bonds is 5. The average molecular weight is 391 g/mol. The fourth-order valence-electron chi connectivity index (χ4n) is 2.73. The van der Waals surface area contributed by atoms with Crippen LogP contribution in [0.4, 0.5) is 0 Å². The second-order valence-electron chi connectivity index (χ2n) is 5.96. The molecule has 0 aliphatic carbocycles. The van der Waals surface area contributed by atoms with Gasteiger partial charge in [0.25, 0.3) is 5.91 Å². The number of pyridine rings is 2. The molecule has 0 aliphatic heterocycles. The standard InChI is InChI=1S/C20H15ClN6O/c21-16-5-7-17(8-6-16)27-19(15-4-2-10-23-13-15)18(25-26-27)20(28)24-12-14-3-1-9-22-11-14/h1-11,13H,12H2,(H,24,28). The number of amides is 1. The van der Waals surface area contributed by atoms with E-state index in [0.717, 1.165) is 16.8 Å². The summed E-state index contributed by atoms with van der Waals surface area (Å²) in [6.45, 7) is 0.340. The van der Waals surface area contributed by atoms with Crippen LogP contribution in [0, 0.1) is 0 Å². The van der Waals surface area contributed by atoms with Gasteiger partial charge in [0.15, 0.2) is 5.69 Å². The highest BCUT2D eigenvalue weighted by Crippen LogP contribution is 2.25. The molecule has 3 aromatic heterocycles. The Balaban J connectivity index is 1.71. The lowest BCUT2D eigenvalue weighted by atomic mass is 10.1. The first-order valence-electron chi connectivity index (χ1n) is 8.51. The van der Waals surface area contributed by atoms with E-state index in [0.29, 0.717) is 17.3 Å². The van der Waals surface area contributed by atoms with Crippen molar-refractivity contribution in [2.24, 2.45) is 0 Å². The summed E-state index contributed by atoms with van der Waals surface area (Å²) in [5, 5.41) is 11.8. The lowest BCUT2D eigenvalue weighted by molar-refractivity contribution is 0.0946. The molecule has 1 amide bonds. The minimum atomic E-state index is -0.331. The van der Waals surface area contributed by atoms with E-state index in [4.69, 9.17) is 11.6 Å². The number of hydrogen-bond acceptors (Lipinski definition) is 5. The molecule has 0 fully saturated rings. The van der Waals surface area contributed by atoms with Crippen LogP contribution < -0.4 is 5.32 Å². The second kappa shape index (κ2) is 7.98. The summed E-state index contributed by atoms with van der Waals surface area (Å²) in [4.78, 5) is 21.0. The van der Waals surface area contributed by atoms with Gasteiger partial charge in [0.1, 0.15) is 5.69 Å². The van der Waals surface area contributed by atoms with Gasteiger partial charge in [0.2, 0.25) is 0 Å². The van der Waals surface area contributed by atoms with Crippen molar-refractivity contribution in [1.29, 1.82) is 0 Å². The van der Waals surface area contributed by atoms with E-state index < -0.39 is 0 Å². The fourth-order valence-corrected chi connectivity index (χ4v) is 2.85. The van der Waals surface area contributed by atoms with Gasteiger partial charge in [-0.1, -0.05) is 22.9 Å². The molecule has 0 bridgehead atoms. The Kier molecular flexibility index (Phi) is 5.07. The lowest BCUT2D eigenvalue weighted by Crippen LogP contribution is -2.24. The fraction of sp³-hybridized carbons (Fsp3) is 0.0500. The highest BCUT2D eigenvalue weighted by atomic mass is 35.5. The van der Waals surface area contributed by atoms with Gasteiger partial charge in [-0.2, -0.15) is 0 Å². The molecular formula is C20H15ClN6O. The minimum absolute atomic E-state index is 0.215. The number of benzene rings is 1. The van der Waals surface area contributed by atoms with Crippen molar-refractivity contribution in [2.45, 2.75) is 6.54 Å². The lowest BCUT2D eigenvalue weighted by Gasteiger charge is -2.09. The largest absolute Gasteiger partial charge is 0.346 e. The molecule has 4 rings (SSSR count). The van der Waals surface area contributed by atoms with Crippen LogP contribution in [-0.4, -0.2) is 30.9 Å². The number of hydrogen-bond donors (Lipinski definition) is 1. The molecule has 7 nitrogen and oxygen atoms in total. The number of aromatic nitrogens is 5. The molecule has 1 aromatic carbocycles. The van der Waals surface area contributed by atoms with Gasteiger partial charge in [-0.25, -0.2) is 4.68 Å². The van der Waals surface area contributed by atoms with Crippen molar-refractivity contribution in [3.63, 3.8) is 0 Å². The van der Waals surface area contributed by atoms with Crippen LogP contribution in [0.2, 0.25) is 5.02 Å². The zero-order chi connectivity index (χ0) is 19.3. The van der Waals surface area contributed by atoms with Crippen molar-refractivity contribution in [3.05, 3.63) is 89.6 Å². The SMILES string of the molecule is O=C(NCc1cccnc1)c1nnn(-c2ccc(Cl)cc2)c1-c1cccnc1. The average Bonchev–Trinajstić information content (AvgIpc) is 3.19. The molecule has 3 heterocycles. The van der Waals surface area contributed by atoms with Crippen molar-refractivity contribution in [2.75, 3.05) is 0 Å². The van der Waals surface area contributed by atoms with E-state index in [1.54, 1.807) is 47.7 Å². The molecule has 0 atom stereocenters. The predicted octanol–water partition coefficient (Wildman–Crippen LogP) is 3.31. The molecule has 0 aliphatic rings. The van der Waals surface area contributed by atoms with Crippen LogP contribution in [-0.2, 0) is 6.54 Å². The summed E-state index contributed by atoms with van der Waals surface area (Å²) in [6, 6.07) is 14.5. The maximum Gasteiger partial charge on any atom is 0.274 e. The van der Waals surface area contributed by atoms with E-state index >= 15 is 0 Å². The summed E-state index contributed by atoms with van der Waals surface area (Å²) in [6.07, 6.45) is 6.72. The third-order valence-electron chi connectivity index (χ3n) is 4.07. The highest BCUT2D eigenvalue weighted by Gasteiger charge is 2.22. The molecule has 0 radical (unpaired) electrons. The van der Waals surface area contributed by atoms with E-state index in [1.165, 1.54) is 0 Å². The smallest absolute Gasteiger partial charge is 0.274 e. The van der Waals surface area contributed by atoms with Crippen LogP contribution >= 0.6 is 11.6 Å². The van der Waals surface area contributed by atoms with Crippen LogP contribution in [0.15, 0.2) is 73.3 Å². The summed E-state index contributed by atoms with van der Waals surface area (Å²) < 4.78 is 1.60. The molecule has 1 N–H and O–H groups in total. The third-order valence-corrected chi connectivity index (χ3v) is 4.32. The van der Waals surface area contributed by atoms with Gasteiger partial charge in [-0.15, -0.1) is 5.10 Å². The number of carbonyl (C=O) groups is 1. The predicted molar refractivity (Wildman–Crippen MR) is 105 cm³/mol. The summed E-state index contributed by atoms with van der Waals surface area (Å²) in [7, 11) is 0. The van der Waals surface area contributed by atoms with Crippen LogP contribution in [0.1, 0.15) is 16.1 Å². The topological polar surface area (TPSA) is 85.6 Å². The summed E-state index contributed by atoms with van der Waals surface area (Å²) in [5.41, 5.74) is 3.13. The van der Waals surface area contributed by atoms with Crippen molar-refractivity contribution >= 4 is 17.5 Å². The van der Waals surface area contributed by atoms with E-state index in [1.807, 2.05) is 30.3 Å². The van der Waals surface area contributed by atoms with Gasteiger partial charge < -0.3 is 5.32 Å². The first-order chi connectivity index (χ1) is 13.7. The first kappa shape index (κ1) is 17.8. The van der Waals surface area contributed by atoms with Gasteiger partial charge in [0, 0.05) is 41.9 Å². The van der Waals surface area contributed by atoms with Gasteiger partial charge >= 0.3 is 0 Å². The second-order valence-corrected chi connectivity index (χ2v) is 6.40. The molecule has 0 saturated carbocycles. The number of nitrogens with one attached hydrogen (secondary N) is 1. The monoisotopic (exact) mass is 390 g/mol. The maximum absolute atomic E-state index is 12.8. The molecule has 138 valence electrons. The van der Waals surface area contributed by atoms with Crippen LogP contribution in [0.3, 0.4) is 0 Å². The Labute approximate surface area is 166 Å². The van der Waals surface area contributed by atoms with Gasteiger partial charge in [-0.3, -0.25) is 14.8 Å². The quantitative estimate of drug-likeness (QED) is 0.565. The summed E-state index contributed by atoms with van der Waals surface area (Å²) >= 11 is 5.99. The normalized spacial score (nSPS) is 10.6. The van der Waals surface area contributed by atoms with Crippen LogP contribution in [0.25, 0.3) is 16.9 Å². The van der Waals surface area contributed by atoms with E-state index in [-0.39, 0.29) is 11.6 Å². The molecule has 0 unspecified atom stereocenters. The minimum Gasteiger partial charge on any atom is -0.346 e.